The maximum Gasteiger partial charge on any atom is 0.376 e. The molecule has 15 heavy (non-hydrogen) atoms. The van der Waals surface area contributed by atoms with Crippen LogP contribution in [-0.2, 0) is 9.59 Å². The van der Waals surface area contributed by atoms with E-state index in [9.17, 15) is 9.59 Å². The highest BCUT2D eigenvalue weighted by molar-refractivity contribution is 8.00. The molecular weight excluding hydrogens is 212 g/mol. The Labute approximate surface area is 91.8 Å². The van der Waals surface area contributed by atoms with E-state index < -0.39 is 5.97 Å². The number of benzene rings is 1. The normalized spacial score (nSPS) is 14.7. The zero-order valence-electron chi connectivity index (χ0n) is 8.01. The van der Waals surface area contributed by atoms with Crippen molar-refractivity contribution in [2.75, 3.05) is 0 Å². The number of thioether (sulfide) groups is 1. The lowest BCUT2D eigenvalue weighted by molar-refractivity contribution is -0.141. The lowest BCUT2D eigenvalue weighted by Gasteiger charge is -2.02. The Hall–Kier alpha value is -1.29. The smallest absolute Gasteiger partial charge is 0.376 e. The van der Waals surface area contributed by atoms with Crippen LogP contribution in [0.2, 0.25) is 0 Å². The molecule has 0 spiro atoms. The fourth-order valence-corrected chi connectivity index (χ4v) is 2.15. The molecular formula is C11H10O3S. The van der Waals surface area contributed by atoms with Gasteiger partial charge in [-0.3, -0.25) is 4.79 Å². The number of hydrogen-bond donors (Lipinski definition) is 0. The van der Waals surface area contributed by atoms with Crippen LogP contribution >= 0.6 is 11.8 Å². The molecule has 78 valence electrons. The molecule has 0 radical (unpaired) electrons. The van der Waals surface area contributed by atoms with Crippen molar-refractivity contribution in [2.24, 2.45) is 0 Å². The summed E-state index contributed by atoms with van der Waals surface area (Å²) in [5, 5.41) is 0.758. The summed E-state index contributed by atoms with van der Waals surface area (Å²) >= 11 is 1.83. The van der Waals surface area contributed by atoms with Gasteiger partial charge in [0.05, 0.1) is 0 Å². The molecule has 0 atom stereocenters. The third kappa shape index (κ3) is 3.09. The molecule has 1 aliphatic carbocycles. The van der Waals surface area contributed by atoms with Crippen LogP contribution in [0, 0.1) is 0 Å². The van der Waals surface area contributed by atoms with Gasteiger partial charge in [0.25, 0.3) is 0 Å². The van der Waals surface area contributed by atoms with Crippen LogP contribution in [0.25, 0.3) is 0 Å². The Morgan fingerprint density at radius 1 is 1.33 bits per heavy atom. The number of carbonyl (C=O) groups is 2. The average molecular weight is 222 g/mol. The number of hydrogen-bond acceptors (Lipinski definition) is 4. The van der Waals surface area contributed by atoms with Gasteiger partial charge in [-0.2, -0.15) is 0 Å². The lowest BCUT2D eigenvalue weighted by Crippen LogP contribution is -2.08. The van der Waals surface area contributed by atoms with Gasteiger partial charge in [-0.1, -0.05) is 0 Å². The van der Waals surface area contributed by atoms with Crippen molar-refractivity contribution >= 4 is 24.0 Å². The van der Waals surface area contributed by atoms with Crippen molar-refractivity contribution in [1.82, 2.24) is 0 Å². The molecule has 0 aliphatic heterocycles. The highest BCUT2D eigenvalue weighted by Gasteiger charge is 2.22. The van der Waals surface area contributed by atoms with E-state index in [1.807, 2.05) is 23.9 Å². The first-order chi connectivity index (χ1) is 7.28. The zero-order valence-corrected chi connectivity index (χ0v) is 8.83. The van der Waals surface area contributed by atoms with Crippen LogP contribution in [0.1, 0.15) is 12.8 Å². The number of carbonyl (C=O) groups excluding carboxylic acids is 2. The van der Waals surface area contributed by atoms with Crippen molar-refractivity contribution in [3.05, 3.63) is 24.3 Å². The van der Waals surface area contributed by atoms with Crippen molar-refractivity contribution in [3.8, 4) is 5.75 Å². The fourth-order valence-electron chi connectivity index (χ4n) is 1.10. The molecule has 0 heterocycles. The summed E-state index contributed by atoms with van der Waals surface area (Å²) in [7, 11) is 0. The van der Waals surface area contributed by atoms with Crippen molar-refractivity contribution in [3.63, 3.8) is 0 Å². The topological polar surface area (TPSA) is 43.4 Å². The number of esters is 1. The van der Waals surface area contributed by atoms with Gasteiger partial charge in [-0.25, -0.2) is 4.79 Å². The molecule has 1 saturated carbocycles. The van der Waals surface area contributed by atoms with Crippen molar-refractivity contribution in [1.29, 1.82) is 0 Å². The number of aldehydes is 1. The first-order valence-corrected chi connectivity index (χ1v) is 5.59. The number of rotatable bonds is 4. The molecule has 0 amide bonds. The molecule has 0 aromatic heterocycles. The first-order valence-electron chi connectivity index (χ1n) is 4.71. The molecule has 1 fully saturated rings. The Morgan fingerprint density at radius 3 is 2.53 bits per heavy atom. The lowest BCUT2D eigenvalue weighted by atomic mass is 10.3. The molecule has 1 aromatic carbocycles. The van der Waals surface area contributed by atoms with Crippen LogP contribution in [-0.4, -0.2) is 17.5 Å². The van der Waals surface area contributed by atoms with Crippen LogP contribution in [0.15, 0.2) is 29.2 Å². The van der Waals surface area contributed by atoms with Crippen LogP contribution < -0.4 is 4.74 Å². The van der Waals surface area contributed by atoms with Crippen LogP contribution in [0.3, 0.4) is 0 Å². The second-order valence-corrected chi connectivity index (χ2v) is 4.70. The quantitative estimate of drug-likeness (QED) is 0.338. The van der Waals surface area contributed by atoms with E-state index in [0.29, 0.717) is 5.75 Å². The number of ether oxygens (including phenoxy) is 1. The van der Waals surface area contributed by atoms with E-state index in [1.165, 1.54) is 17.7 Å². The second-order valence-electron chi connectivity index (χ2n) is 3.33. The van der Waals surface area contributed by atoms with Gasteiger partial charge in [-0.05, 0) is 37.1 Å². The minimum Gasteiger partial charge on any atom is -0.421 e. The fraction of sp³-hybridized carbons (Fsp3) is 0.273. The minimum absolute atomic E-state index is 0.160. The molecule has 0 N–H and O–H groups in total. The summed E-state index contributed by atoms with van der Waals surface area (Å²) in [6.07, 6.45) is 2.73. The molecule has 3 nitrogen and oxygen atoms in total. The molecule has 0 saturated heterocycles. The Balaban J connectivity index is 1.96. The Bertz CT molecular complexity index is 368. The van der Waals surface area contributed by atoms with E-state index in [4.69, 9.17) is 4.74 Å². The summed E-state index contributed by atoms with van der Waals surface area (Å²) in [6.45, 7) is 0. The molecule has 4 heteroatoms. The SMILES string of the molecule is O=CC(=O)Oc1ccc(SC2CC2)cc1. The molecule has 2 rings (SSSR count). The highest BCUT2D eigenvalue weighted by atomic mass is 32.2. The van der Waals surface area contributed by atoms with Gasteiger partial charge >= 0.3 is 5.97 Å². The van der Waals surface area contributed by atoms with E-state index in [2.05, 4.69) is 0 Å². The summed E-state index contributed by atoms with van der Waals surface area (Å²) < 4.78 is 4.72. The maximum atomic E-state index is 10.7. The van der Waals surface area contributed by atoms with Gasteiger partial charge in [0, 0.05) is 10.1 Å². The van der Waals surface area contributed by atoms with E-state index in [-0.39, 0.29) is 6.29 Å². The molecule has 0 bridgehead atoms. The van der Waals surface area contributed by atoms with E-state index in [1.54, 1.807) is 12.1 Å². The van der Waals surface area contributed by atoms with Crippen molar-refractivity contribution < 1.29 is 14.3 Å². The average Bonchev–Trinajstić information content (AvgIpc) is 3.05. The molecule has 0 unspecified atom stereocenters. The predicted octanol–water partition coefficient (Wildman–Crippen LogP) is 2.05. The Morgan fingerprint density at radius 2 is 2.00 bits per heavy atom. The van der Waals surface area contributed by atoms with Gasteiger partial charge in [0.2, 0.25) is 6.29 Å². The minimum atomic E-state index is -0.863. The predicted molar refractivity (Wildman–Crippen MR) is 57.0 cm³/mol. The standard InChI is InChI=1S/C11H10O3S/c12-7-11(13)14-8-1-3-9(4-2-8)15-10-5-6-10/h1-4,7,10H,5-6H2. The van der Waals surface area contributed by atoms with Crippen LogP contribution in [0.4, 0.5) is 0 Å². The summed E-state index contributed by atoms with van der Waals surface area (Å²) in [5.74, 6) is -0.454. The Kier molecular flexibility index (Phi) is 3.06. The van der Waals surface area contributed by atoms with Gasteiger partial charge in [0.1, 0.15) is 5.75 Å². The van der Waals surface area contributed by atoms with Gasteiger partial charge in [0.15, 0.2) is 0 Å². The first kappa shape index (κ1) is 10.2. The monoisotopic (exact) mass is 222 g/mol. The second kappa shape index (κ2) is 4.49. The van der Waals surface area contributed by atoms with E-state index in [0.717, 1.165) is 5.25 Å². The van der Waals surface area contributed by atoms with Gasteiger partial charge in [-0.15, -0.1) is 11.8 Å². The zero-order chi connectivity index (χ0) is 10.7. The molecule has 1 aromatic rings. The summed E-state index contributed by atoms with van der Waals surface area (Å²) in [6, 6.07) is 7.20. The van der Waals surface area contributed by atoms with Crippen molar-refractivity contribution in [2.45, 2.75) is 23.0 Å². The largest absolute Gasteiger partial charge is 0.421 e. The maximum absolute atomic E-state index is 10.7. The third-order valence-electron chi connectivity index (χ3n) is 1.97. The van der Waals surface area contributed by atoms with E-state index >= 15 is 0 Å². The summed E-state index contributed by atoms with van der Waals surface area (Å²) in [5.41, 5.74) is 0. The van der Waals surface area contributed by atoms with Crippen LogP contribution in [0.5, 0.6) is 5.75 Å². The van der Waals surface area contributed by atoms with Gasteiger partial charge < -0.3 is 4.74 Å². The molecule has 1 aliphatic rings. The highest BCUT2D eigenvalue weighted by Crippen LogP contribution is 2.39. The third-order valence-corrected chi connectivity index (χ3v) is 3.31. The summed E-state index contributed by atoms with van der Waals surface area (Å²) in [4.78, 5) is 21.9.